The SMILES string of the molecule is OC(C=CC1C(O)CC2OCCCCC=CCC21)COc1cccc(C(F)(F)F)c1. The van der Waals surface area contributed by atoms with Gasteiger partial charge in [0.1, 0.15) is 18.5 Å². The molecule has 5 atom stereocenters. The monoisotopic (exact) mass is 426 g/mol. The van der Waals surface area contributed by atoms with Crippen LogP contribution in [0.25, 0.3) is 0 Å². The van der Waals surface area contributed by atoms with E-state index in [2.05, 4.69) is 12.2 Å². The largest absolute Gasteiger partial charge is 0.491 e. The van der Waals surface area contributed by atoms with Gasteiger partial charge < -0.3 is 19.7 Å². The Morgan fingerprint density at radius 2 is 2.07 bits per heavy atom. The van der Waals surface area contributed by atoms with Crippen LogP contribution in [0.1, 0.15) is 37.7 Å². The molecule has 1 saturated carbocycles. The Morgan fingerprint density at radius 1 is 1.23 bits per heavy atom. The van der Waals surface area contributed by atoms with E-state index < -0.39 is 23.9 Å². The Labute approximate surface area is 175 Å². The van der Waals surface area contributed by atoms with Gasteiger partial charge in [-0.1, -0.05) is 30.4 Å². The first kappa shape index (κ1) is 22.8. The van der Waals surface area contributed by atoms with Gasteiger partial charge >= 0.3 is 6.18 Å². The molecule has 1 aromatic carbocycles. The fourth-order valence-corrected chi connectivity index (χ4v) is 4.10. The predicted molar refractivity (Wildman–Crippen MR) is 107 cm³/mol. The van der Waals surface area contributed by atoms with Crippen LogP contribution in [-0.2, 0) is 10.9 Å². The van der Waals surface area contributed by atoms with Crippen LogP contribution in [0.5, 0.6) is 5.75 Å². The molecule has 7 heteroatoms. The fraction of sp³-hybridized carbons (Fsp3) is 0.565. The number of hydrogen-bond donors (Lipinski definition) is 2. The quantitative estimate of drug-likeness (QED) is 0.680. The zero-order valence-corrected chi connectivity index (χ0v) is 16.8. The van der Waals surface area contributed by atoms with E-state index in [0.29, 0.717) is 13.0 Å². The number of benzene rings is 1. The Bertz CT molecular complexity index is 731. The van der Waals surface area contributed by atoms with Crippen molar-refractivity contribution in [2.24, 2.45) is 11.8 Å². The molecule has 0 aromatic heterocycles. The van der Waals surface area contributed by atoms with E-state index in [4.69, 9.17) is 9.47 Å². The lowest BCUT2D eigenvalue weighted by Crippen LogP contribution is -2.23. The van der Waals surface area contributed by atoms with E-state index in [0.717, 1.165) is 37.8 Å². The van der Waals surface area contributed by atoms with Crippen LogP contribution >= 0.6 is 0 Å². The van der Waals surface area contributed by atoms with Gasteiger partial charge in [-0.2, -0.15) is 13.2 Å². The lowest BCUT2D eigenvalue weighted by molar-refractivity contribution is -0.137. The topological polar surface area (TPSA) is 58.9 Å². The molecular weight excluding hydrogens is 397 g/mol. The predicted octanol–water partition coefficient (Wildman–Crippen LogP) is 4.51. The first-order chi connectivity index (χ1) is 14.3. The van der Waals surface area contributed by atoms with Crippen molar-refractivity contribution in [1.29, 1.82) is 0 Å². The standard InChI is InChI=1S/C23H29F3O4/c24-23(25,26)16-7-6-8-18(13-16)30-15-17(27)10-11-19-20-9-4-2-1-3-5-12-29-22(20)14-21(19)28/h2,4,6-8,10-11,13,17,19-22,27-28H,1,3,5,9,12,14-15H2. The third-order valence-electron chi connectivity index (χ3n) is 5.70. The lowest BCUT2D eigenvalue weighted by Gasteiger charge is -2.23. The van der Waals surface area contributed by atoms with Gasteiger partial charge in [0.2, 0.25) is 0 Å². The molecule has 4 nitrogen and oxygen atoms in total. The second-order valence-corrected chi connectivity index (χ2v) is 7.95. The summed E-state index contributed by atoms with van der Waals surface area (Å²) in [5, 5.41) is 20.7. The van der Waals surface area contributed by atoms with Gasteiger partial charge in [0.05, 0.1) is 17.8 Å². The van der Waals surface area contributed by atoms with Crippen LogP contribution in [0.4, 0.5) is 13.2 Å². The summed E-state index contributed by atoms with van der Waals surface area (Å²) in [6.45, 7) is 0.511. The Balaban J connectivity index is 1.58. The third kappa shape index (κ3) is 6.33. The summed E-state index contributed by atoms with van der Waals surface area (Å²) in [4.78, 5) is 0. The van der Waals surface area contributed by atoms with Crippen LogP contribution in [-0.4, -0.2) is 41.7 Å². The van der Waals surface area contributed by atoms with E-state index in [1.54, 1.807) is 12.2 Å². The summed E-state index contributed by atoms with van der Waals surface area (Å²) in [5.74, 6) is 0.0218. The Morgan fingerprint density at radius 3 is 2.87 bits per heavy atom. The van der Waals surface area contributed by atoms with E-state index in [9.17, 15) is 23.4 Å². The van der Waals surface area contributed by atoms with E-state index in [1.807, 2.05) is 0 Å². The minimum Gasteiger partial charge on any atom is -0.491 e. The molecule has 0 saturated heterocycles. The highest BCUT2D eigenvalue weighted by Crippen LogP contribution is 2.38. The number of hydrogen-bond acceptors (Lipinski definition) is 4. The third-order valence-corrected chi connectivity index (χ3v) is 5.70. The molecule has 1 fully saturated rings. The van der Waals surface area contributed by atoms with Gasteiger partial charge in [0.15, 0.2) is 0 Å². The fourth-order valence-electron chi connectivity index (χ4n) is 4.10. The zero-order valence-electron chi connectivity index (χ0n) is 16.8. The number of fused-ring (bicyclic) bond motifs is 1. The highest BCUT2D eigenvalue weighted by Gasteiger charge is 2.41. The molecule has 0 amide bonds. The summed E-state index contributed by atoms with van der Waals surface area (Å²) in [6, 6.07) is 4.56. The number of aliphatic hydroxyl groups excluding tert-OH is 2. The molecule has 166 valence electrons. The maximum absolute atomic E-state index is 12.8. The molecule has 0 radical (unpaired) electrons. The molecule has 1 aliphatic carbocycles. The van der Waals surface area contributed by atoms with Crippen LogP contribution in [0, 0.1) is 11.8 Å². The zero-order chi connectivity index (χ0) is 21.6. The molecule has 30 heavy (non-hydrogen) atoms. The van der Waals surface area contributed by atoms with Gasteiger partial charge in [-0.15, -0.1) is 0 Å². The Hall–Kier alpha value is -1.83. The maximum atomic E-state index is 12.8. The van der Waals surface area contributed by atoms with Crippen molar-refractivity contribution in [3.63, 3.8) is 0 Å². The van der Waals surface area contributed by atoms with Crippen molar-refractivity contribution in [3.8, 4) is 5.75 Å². The van der Waals surface area contributed by atoms with Crippen molar-refractivity contribution in [2.45, 2.75) is 56.6 Å². The van der Waals surface area contributed by atoms with Gasteiger partial charge in [0, 0.05) is 18.9 Å². The summed E-state index contributed by atoms with van der Waals surface area (Å²) >= 11 is 0. The smallest absolute Gasteiger partial charge is 0.416 e. The highest BCUT2D eigenvalue weighted by molar-refractivity contribution is 5.30. The summed E-state index contributed by atoms with van der Waals surface area (Å²) < 4.78 is 49.6. The second kappa shape index (κ2) is 10.5. The number of allylic oxidation sites excluding steroid dienone is 2. The van der Waals surface area contributed by atoms with Crippen molar-refractivity contribution < 1.29 is 32.9 Å². The molecule has 0 spiro atoms. The average molecular weight is 426 g/mol. The van der Waals surface area contributed by atoms with Gasteiger partial charge in [0.25, 0.3) is 0 Å². The van der Waals surface area contributed by atoms with Crippen LogP contribution in [0.15, 0.2) is 48.6 Å². The van der Waals surface area contributed by atoms with Crippen molar-refractivity contribution in [3.05, 3.63) is 54.1 Å². The normalized spacial score (nSPS) is 29.0. The molecular formula is C23H29F3O4. The molecule has 3 rings (SSSR count). The van der Waals surface area contributed by atoms with E-state index in [-0.39, 0.29) is 30.3 Å². The second-order valence-electron chi connectivity index (χ2n) is 7.95. The number of rotatable bonds is 5. The molecule has 1 aromatic rings. The van der Waals surface area contributed by atoms with Gasteiger partial charge in [-0.05, 0) is 49.8 Å². The van der Waals surface area contributed by atoms with Gasteiger partial charge in [-0.25, -0.2) is 0 Å². The molecule has 5 unspecified atom stereocenters. The van der Waals surface area contributed by atoms with Crippen molar-refractivity contribution in [1.82, 2.24) is 0 Å². The molecule has 2 N–H and O–H groups in total. The maximum Gasteiger partial charge on any atom is 0.416 e. The number of aliphatic hydroxyl groups is 2. The van der Waals surface area contributed by atoms with E-state index >= 15 is 0 Å². The first-order valence-electron chi connectivity index (χ1n) is 10.5. The number of alkyl halides is 3. The lowest BCUT2D eigenvalue weighted by atomic mass is 9.89. The highest BCUT2D eigenvalue weighted by atomic mass is 19.4. The average Bonchev–Trinajstić information content (AvgIpc) is 3.01. The molecule has 1 heterocycles. The number of halogens is 3. The summed E-state index contributed by atoms with van der Waals surface area (Å²) in [7, 11) is 0. The van der Waals surface area contributed by atoms with Gasteiger partial charge in [-0.3, -0.25) is 0 Å². The number of ether oxygens (including phenoxy) is 2. The minimum atomic E-state index is -4.45. The molecule has 0 bridgehead atoms. The van der Waals surface area contributed by atoms with Crippen molar-refractivity contribution >= 4 is 0 Å². The van der Waals surface area contributed by atoms with Crippen LogP contribution in [0.3, 0.4) is 0 Å². The molecule has 2 aliphatic rings. The molecule has 1 aliphatic heterocycles. The minimum absolute atomic E-state index is 0.0177. The first-order valence-corrected chi connectivity index (χ1v) is 10.5. The van der Waals surface area contributed by atoms with E-state index in [1.165, 1.54) is 12.1 Å². The van der Waals surface area contributed by atoms with Crippen molar-refractivity contribution in [2.75, 3.05) is 13.2 Å². The van der Waals surface area contributed by atoms with Crippen LogP contribution in [0.2, 0.25) is 0 Å². The van der Waals surface area contributed by atoms with Crippen LogP contribution < -0.4 is 4.74 Å². The summed E-state index contributed by atoms with van der Waals surface area (Å²) in [5.41, 5.74) is -0.797. The summed E-state index contributed by atoms with van der Waals surface area (Å²) in [6.07, 6.45) is 6.11. The Kier molecular flexibility index (Phi) is 7.97.